The summed E-state index contributed by atoms with van der Waals surface area (Å²) >= 11 is 1.80. The number of nitrogens with zero attached hydrogens (tertiary/aromatic N) is 4. The SMILES string of the molecule is c1ccc(N(c2ccccc2)c2cccc(-c3ccc4c(c3)oc3cccc(-c5nc(-c6ccc7sc8ccccc8c7c6)nc(-c6cccc7ccccc67)n5)c34)c2)cc1. The predicted molar refractivity (Wildman–Crippen MR) is 254 cm³/mol. The van der Waals surface area contributed by atoms with E-state index >= 15 is 0 Å². The van der Waals surface area contributed by atoms with Gasteiger partial charge in [-0.05, 0) is 101 Å². The number of hydrogen-bond acceptors (Lipinski definition) is 6. The highest BCUT2D eigenvalue weighted by atomic mass is 32.1. The van der Waals surface area contributed by atoms with E-state index in [4.69, 9.17) is 19.4 Å². The first kappa shape index (κ1) is 35.1. The van der Waals surface area contributed by atoms with Crippen molar-refractivity contribution in [2.24, 2.45) is 0 Å². The van der Waals surface area contributed by atoms with Gasteiger partial charge < -0.3 is 9.32 Å². The van der Waals surface area contributed by atoms with E-state index in [0.29, 0.717) is 17.5 Å². The summed E-state index contributed by atoms with van der Waals surface area (Å²) in [7, 11) is 0. The summed E-state index contributed by atoms with van der Waals surface area (Å²) in [4.78, 5) is 18.0. The minimum Gasteiger partial charge on any atom is -0.456 e. The van der Waals surface area contributed by atoms with E-state index in [2.05, 4.69) is 187 Å². The van der Waals surface area contributed by atoms with Crippen LogP contribution in [0.3, 0.4) is 0 Å². The number of benzene rings is 9. The highest BCUT2D eigenvalue weighted by molar-refractivity contribution is 7.25. The van der Waals surface area contributed by atoms with E-state index < -0.39 is 0 Å². The molecule has 5 nitrogen and oxygen atoms in total. The molecule has 0 bridgehead atoms. The molecule has 0 aliphatic rings. The Balaban J connectivity index is 1.01. The number of hydrogen-bond donors (Lipinski definition) is 0. The van der Waals surface area contributed by atoms with Crippen LogP contribution in [0.5, 0.6) is 0 Å². The maximum atomic E-state index is 6.68. The zero-order chi connectivity index (χ0) is 40.3. The summed E-state index contributed by atoms with van der Waals surface area (Å²) < 4.78 is 9.18. The van der Waals surface area contributed by atoms with Gasteiger partial charge in [0.2, 0.25) is 0 Å². The molecule has 61 heavy (non-hydrogen) atoms. The van der Waals surface area contributed by atoms with Gasteiger partial charge in [0.15, 0.2) is 17.5 Å². The lowest BCUT2D eigenvalue weighted by atomic mass is 10.0. The molecule has 3 aromatic heterocycles. The smallest absolute Gasteiger partial charge is 0.164 e. The van der Waals surface area contributed by atoms with E-state index in [0.717, 1.165) is 77.6 Å². The molecule has 6 heteroatoms. The quantitative estimate of drug-likeness (QED) is 0.161. The normalized spacial score (nSPS) is 11.6. The Morgan fingerprint density at radius 3 is 1.80 bits per heavy atom. The van der Waals surface area contributed by atoms with Gasteiger partial charge in [-0.1, -0.05) is 127 Å². The molecule has 286 valence electrons. The Morgan fingerprint density at radius 1 is 0.361 bits per heavy atom. The third kappa shape index (κ3) is 6.12. The van der Waals surface area contributed by atoms with Gasteiger partial charge in [-0.3, -0.25) is 0 Å². The largest absolute Gasteiger partial charge is 0.456 e. The van der Waals surface area contributed by atoms with E-state index in [9.17, 15) is 0 Å². The van der Waals surface area contributed by atoms with Crippen molar-refractivity contribution >= 4 is 81.3 Å². The highest BCUT2D eigenvalue weighted by Crippen LogP contribution is 2.41. The van der Waals surface area contributed by atoms with Crippen LogP contribution in [-0.2, 0) is 0 Å². The molecule has 0 unspecified atom stereocenters. The summed E-state index contributed by atoms with van der Waals surface area (Å²) in [6, 6.07) is 72.1. The maximum Gasteiger partial charge on any atom is 0.164 e. The number of anilines is 3. The van der Waals surface area contributed by atoms with Crippen molar-refractivity contribution in [3.8, 4) is 45.3 Å². The number of aromatic nitrogens is 3. The molecule has 0 fully saturated rings. The van der Waals surface area contributed by atoms with E-state index in [-0.39, 0.29) is 0 Å². The van der Waals surface area contributed by atoms with Crippen LogP contribution in [0.1, 0.15) is 0 Å². The van der Waals surface area contributed by atoms with Crippen LogP contribution in [-0.4, -0.2) is 15.0 Å². The van der Waals surface area contributed by atoms with Gasteiger partial charge in [0.05, 0.1) is 0 Å². The monoisotopic (exact) mass is 798 g/mol. The second-order valence-corrected chi connectivity index (χ2v) is 16.3. The van der Waals surface area contributed by atoms with Crippen molar-refractivity contribution in [2.45, 2.75) is 0 Å². The summed E-state index contributed by atoms with van der Waals surface area (Å²) in [5.74, 6) is 1.84. The Labute approximate surface area is 355 Å². The third-order valence-corrected chi connectivity index (χ3v) is 12.7. The van der Waals surface area contributed by atoms with Crippen molar-refractivity contribution in [3.63, 3.8) is 0 Å². The third-order valence-electron chi connectivity index (χ3n) is 11.5. The molecule has 3 heterocycles. The molecule has 12 rings (SSSR count). The topological polar surface area (TPSA) is 55.1 Å². The van der Waals surface area contributed by atoms with Crippen LogP contribution in [0, 0.1) is 0 Å². The Morgan fingerprint density at radius 2 is 0.967 bits per heavy atom. The number of rotatable bonds is 7. The molecule has 9 aromatic carbocycles. The molecular formula is C55H34N4OS. The van der Waals surface area contributed by atoms with Crippen LogP contribution in [0.15, 0.2) is 211 Å². The summed E-state index contributed by atoms with van der Waals surface area (Å²) in [6.45, 7) is 0. The number of para-hydroxylation sites is 2. The second-order valence-electron chi connectivity index (χ2n) is 15.2. The first-order chi connectivity index (χ1) is 30.2. The van der Waals surface area contributed by atoms with Gasteiger partial charge in [0.25, 0.3) is 0 Å². The zero-order valence-electron chi connectivity index (χ0n) is 32.7. The summed E-state index contributed by atoms with van der Waals surface area (Å²) in [6.07, 6.45) is 0. The van der Waals surface area contributed by atoms with Crippen LogP contribution < -0.4 is 4.90 Å². The van der Waals surface area contributed by atoms with Crippen LogP contribution >= 0.6 is 11.3 Å². The fourth-order valence-corrected chi connectivity index (χ4v) is 9.74. The number of thiophene rings is 1. The number of fused-ring (bicyclic) bond motifs is 7. The molecule has 0 aliphatic heterocycles. The molecule has 0 saturated carbocycles. The van der Waals surface area contributed by atoms with Crippen molar-refractivity contribution in [1.82, 2.24) is 15.0 Å². The lowest BCUT2D eigenvalue weighted by molar-refractivity contribution is 0.669. The molecular weight excluding hydrogens is 765 g/mol. The zero-order valence-corrected chi connectivity index (χ0v) is 33.6. The minimum atomic E-state index is 0.593. The molecule has 0 N–H and O–H groups in total. The Kier molecular flexibility index (Phi) is 8.28. The average Bonchev–Trinajstić information content (AvgIpc) is 3.90. The molecule has 0 radical (unpaired) electrons. The lowest BCUT2D eigenvalue weighted by Gasteiger charge is -2.25. The van der Waals surface area contributed by atoms with Gasteiger partial charge in [-0.2, -0.15) is 0 Å². The van der Waals surface area contributed by atoms with Crippen LogP contribution in [0.4, 0.5) is 17.1 Å². The van der Waals surface area contributed by atoms with Crippen molar-refractivity contribution in [3.05, 3.63) is 206 Å². The maximum absolute atomic E-state index is 6.68. The highest BCUT2D eigenvalue weighted by Gasteiger charge is 2.20. The lowest BCUT2D eigenvalue weighted by Crippen LogP contribution is -2.09. The molecule has 12 aromatic rings. The van der Waals surface area contributed by atoms with Crippen LogP contribution in [0.2, 0.25) is 0 Å². The van der Waals surface area contributed by atoms with Crippen LogP contribution in [0.25, 0.3) is 98.2 Å². The minimum absolute atomic E-state index is 0.593. The average molecular weight is 799 g/mol. The van der Waals surface area contributed by atoms with Crippen molar-refractivity contribution < 1.29 is 4.42 Å². The first-order valence-electron chi connectivity index (χ1n) is 20.3. The van der Waals surface area contributed by atoms with E-state index in [1.807, 2.05) is 24.3 Å². The number of furan rings is 1. The van der Waals surface area contributed by atoms with E-state index in [1.54, 1.807) is 11.3 Å². The molecule has 0 spiro atoms. The fraction of sp³-hybridized carbons (Fsp3) is 0. The Bertz CT molecular complexity index is 3570. The van der Waals surface area contributed by atoms with Gasteiger partial charge >= 0.3 is 0 Å². The van der Waals surface area contributed by atoms with E-state index in [1.165, 1.54) is 20.2 Å². The second kappa shape index (κ2) is 14.4. The predicted octanol–water partition coefficient (Wildman–Crippen LogP) is 15.4. The van der Waals surface area contributed by atoms with Crippen molar-refractivity contribution in [1.29, 1.82) is 0 Å². The standard InChI is InChI=1S/C55H34N4OS/c1-3-17-39(18-4-1)59(40-19-5-2-6-20-40)41-21-11-16-36(32-41)37-28-30-45-49(34-37)60-48-26-13-25-46(52(45)48)55-57-53(38-29-31-51-47(33-38)43-23-9-10-27-50(43)61-51)56-54(58-55)44-24-12-15-35-14-7-8-22-42(35)44/h1-34H. The fourth-order valence-electron chi connectivity index (χ4n) is 8.65. The van der Waals surface area contributed by atoms with Gasteiger partial charge in [0, 0.05) is 64.7 Å². The van der Waals surface area contributed by atoms with Crippen molar-refractivity contribution in [2.75, 3.05) is 4.90 Å². The molecule has 0 amide bonds. The Hall–Kier alpha value is -7.93. The summed E-state index contributed by atoms with van der Waals surface area (Å²) in [5.41, 5.74) is 9.77. The van der Waals surface area contributed by atoms with Gasteiger partial charge in [0.1, 0.15) is 11.2 Å². The molecule has 0 saturated heterocycles. The van der Waals surface area contributed by atoms with Gasteiger partial charge in [-0.25, -0.2) is 15.0 Å². The van der Waals surface area contributed by atoms with Gasteiger partial charge in [-0.15, -0.1) is 11.3 Å². The first-order valence-corrected chi connectivity index (χ1v) is 21.2. The summed E-state index contributed by atoms with van der Waals surface area (Å²) in [5, 5.41) is 6.62. The molecule has 0 aliphatic carbocycles. The molecule has 0 atom stereocenters.